The maximum Gasteiger partial charge on any atom is 0.134 e. The summed E-state index contributed by atoms with van der Waals surface area (Å²) in [5.74, 6) is 1.55. The summed E-state index contributed by atoms with van der Waals surface area (Å²) in [6.07, 6.45) is 0.786. The molecule has 84 valence electrons. The van der Waals surface area contributed by atoms with Crippen molar-refractivity contribution in [1.82, 2.24) is 9.97 Å². The van der Waals surface area contributed by atoms with Crippen molar-refractivity contribution in [3.8, 4) is 0 Å². The van der Waals surface area contributed by atoms with Gasteiger partial charge < -0.3 is 5.32 Å². The zero-order valence-corrected chi connectivity index (χ0v) is 10.5. The topological polar surface area (TPSA) is 37.8 Å². The van der Waals surface area contributed by atoms with Crippen molar-refractivity contribution in [2.24, 2.45) is 0 Å². The van der Waals surface area contributed by atoms with Crippen molar-refractivity contribution < 1.29 is 0 Å². The van der Waals surface area contributed by atoms with Crippen LogP contribution in [0.5, 0.6) is 0 Å². The Bertz CT molecular complexity index is 456. The zero-order valence-electron chi connectivity index (χ0n) is 8.90. The molecule has 0 spiro atoms. The average molecular weight is 254 g/mol. The zero-order chi connectivity index (χ0) is 11.4. The van der Waals surface area contributed by atoms with Crippen molar-refractivity contribution in [2.45, 2.75) is 19.9 Å². The Balaban J connectivity index is 2.06. The average Bonchev–Trinajstić information content (AvgIpc) is 2.78. The van der Waals surface area contributed by atoms with Crippen molar-refractivity contribution in [3.63, 3.8) is 0 Å². The van der Waals surface area contributed by atoms with Gasteiger partial charge in [0.25, 0.3) is 0 Å². The molecule has 3 nitrogen and oxygen atoms in total. The summed E-state index contributed by atoms with van der Waals surface area (Å²) in [6.45, 7) is 2.78. The molecule has 0 aliphatic heterocycles. The van der Waals surface area contributed by atoms with Crippen LogP contribution in [0.4, 0.5) is 5.82 Å². The minimum atomic E-state index is 0.487. The van der Waals surface area contributed by atoms with Crippen LogP contribution in [0.25, 0.3) is 0 Å². The molecule has 1 N–H and O–H groups in total. The molecule has 2 heterocycles. The molecule has 0 aliphatic rings. The van der Waals surface area contributed by atoms with Gasteiger partial charge in [-0.05, 0) is 11.4 Å². The molecule has 0 bridgehead atoms. The van der Waals surface area contributed by atoms with Gasteiger partial charge in [0.15, 0.2) is 0 Å². The number of hydrogen-bond acceptors (Lipinski definition) is 4. The predicted molar refractivity (Wildman–Crippen MR) is 68.1 cm³/mol. The molecule has 0 radical (unpaired) electrons. The molecule has 16 heavy (non-hydrogen) atoms. The van der Waals surface area contributed by atoms with Crippen LogP contribution in [-0.2, 0) is 13.0 Å². The lowest BCUT2D eigenvalue weighted by Gasteiger charge is -2.05. The predicted octanol–water partition coefficient (Wildman–Crippen LogP) is 3.37. The van der Waals surface area contributed by atoms with Gasteiger partial charge in [-0.3, -0.25) is 0 Å². The van der Waals surface area contributed by atoms with Gasteiger partial charge >= 0.3 is 0 Å². The van der Waals surface area contributed by atoms with E-state index in [1.807, 2.05) is 13.0 Å². The fourth-order valence-corrected chi connectivity index (χ4v) is 2.15. The number of thiophene rings is 1. The standard InChI is InChI=1S/C11H12ClN3S/c1-2-10-14-9(12)6-11(15-10)13-7-8-4-3-5-16-8/h3-6H,2,7H2,1H3,(H,13,14,15). The van der Waals surface area contributed by atoms with E-state index in [2.05, 4.69) is 26.7 Å². The molecular formula is C11H12ClN3S. The van der Waals surface area contributed by atoms with Crippen LogP contribution in [0, 0.1) is 0 Å². The van der Waals surface area contributed by atoms with E-state index in [0.717, 1.165) is 24.6 Å². The van der Waals surface area contributed by atoms with Gasteiger partial charge in [-0.2, -0.15) is 0 Å². The van der Waals surface area contributed by atoms with E-state index in [0.29, 0.717) is 5.15 Å². The lowest BCUT2D eigenvalue weighted by Crippen LogP contribution is -2.03. The Hall–Kier alpha value is -1.13. The van der Waals surface area contributed by atoms with Gasteiger partial charge in [-0.25, -0.2) is 9.97 Å². The second kappa shape index (κ2) is 5.27. The van der Waals surface area contributed by atoms with Crippen LogP contribution in [0.2, 0.25) is 5.15 Å². The molecule has 0 fully saturated rings. The minimum absolute atomic E-state index is 0.487. The third-order valence-electron chi connectivity index (χ3n) is 2.08. The van der Waals surface area contributed by atoms with E-state index >= 15 is 0 Å². The fourth-order valence-electron chi connectivity index (χ4n) is 1.30. The molecular weight excluding hydrogens is 242 g/mol. The molecule has 0 atom stereocenters. The summed E-state index contributed by atoms with van der Waals surface area (Å²) >= 11 is 7.62. The summed E-state index contributed by atoms with van der Waals surface area (Å²) in [7, 11) is 0. The van der Waals surface area contributed by atoms with Crippen LogP contribution < -0.4 is 5.32 Å². The van der Waals surface area contributed by atoms with Crippen LogP contribution in [0.15, 0.2) is 23.6 Å². The molecule has 0 saturated carbocycles. The third kappa shape index (κ3) is 2.93. The van der Waals surface area contributed by atoms with E-state index in [4.69, 9.17) is 11.6 Å². The van der Waals surface area contributed by atoms with Crippen molar-refractivity contribution in [2.75, 3.05) is 5.32 Å². The number of hydrogen-bond donors (Lipinski definition) is 1. The third-order valence-corrected chi connectivity index (χ3v) is 3.15. The molecule has 0 unspecified atom stereocenters. The SMILES string of the molecule is CCc1nc(Cl)cc(NCc2cccs2)n1. The highest BCUT2D eigenvalue weighted by Crippen LogP contribution is 2.14. The van der Waals surface area contributed by atoms with Crippen LogP contribution in [0.1, 0.15) is 17.6 Å². The highest BCUT2D eigenvalue weighted by atomic mass is 35.5. The molecule has 0 aliphatic carbocycles. The molecule has 2 aromatic heterocycles. The summed E-state index contributed by atoms with van der Waals surface area (Å²) in [4.78, 5) is 9.73. The first-order valence-electron chi connectivity index (χ1n) is 5.07. The smallest absolute Gasteiger partial charge is 0.134 e. The van der Waals surface area contributed by atoms with Crippen LogP contribution in [0.3, 0.4) is 0 Å². The lowest BCUT2D eigenvalue weighted by molar-refractivity contribution is 0.934. The van der Waals surface area contributed by atoms with E-state index in [-0.39, 0.29) is 0 Å². The van der Waals surface area contributed by atoms with Crippen LogP contribution in [-0.4, -0.2) is 9.97 Å². The van der Waals surface area contributed by atoms with Gasteiger partial charge in [0.1, 0.15) is 16.8 Å². The normalized spacial score (nSPS) is 10.4. The van der Waals surface area contributed by atoms with Gasteiger partial charge in [-0.15, -0.1) is 11.3 Å². The van der Waals surface area contributed by atoms with Crippen molar-refractivity contribution in [1.29, 1.82) is 0 Å². The van der Waals surface area contributed by atoms with Crippen molar-refractivity contribution in [3.05, 3.63) is 39.4 Å². The second-order valence-corrected chi connectivity index (χ2v) is 4.70. The first-order chi connectivity index (χ1) is 7.78. The Kier molecular flexibility index (Phi) is 3.74. The van der Waals surface area contributed by atoms with Gasteiger partial charge in [-0.1, -0.05) is 24.6 Å². The Morgan fingerprint density at radius 2 is 2.31 bits per heavy atom. The van der Waals surface area contributed by atoms with Gasteiger partial charge in [0.2, 0.25) is 0 Å². The van der Waals surface area contributed by atoms with E-state index in [9.17, 15) is 0 Å². The summed E-state index contributed by atoms with van der Waals surface area (Å²) in [6, 6.07) is 5.86. The first-order valence-corrected chi connectivity index (χ1v) is 6.33. The summed E-state index contributed by atoms with van der Waals surface area (Å²) in [5.41, 5.74) is 0. The second-order valence-electron chi connectivity index (χ2n) is 3.28. The molecule has 0 amide bonds. The Morgan fingerprint density at radius 1 is 1.44 bits per heavy atom. The highest BCUT2D eigenvalue weighted by molar-refractivity contribution is 7.09. The number of anilines is 1. The maximum atomic E-state index is 5.90. The maximum absolute atomic E-state index is 5.90. The number of nitrogens with zero attached hydrogens (tertiary/aromatic N) is 2. The summed E-state index contributed by atoms with van der Waals surface area (Å²) < 4.78 is 0. The number of rotatable bonds is 4. The van der Waals surface area contributed by atoms with Gasteiger partial charge in [0.05, 0.1) is 6.54 Å². The molecule has 5 heteroatoms. The quantitative estimate of drug-likeness (QED) is 0.849. The first kappa shape index (κ1) is 11.4. The van der Waals surface area contributed by atoms with Gasteiger partial charge in [0, 0.05) is 17.4 Å². The van der Waals surface area contributed by atoms with E-state index in [1.165, 1.54) is 4.88 Å². The highest BCUT2D eigenvalue weighted by Gasteiger charge is 2.01. The molecule has 0 aromatic carbocycles. The van der Waals surface area contributed by atoms with E-state index in [1.54, 1.807) is 17.4 Å². The number of halogens is 1. The van der Waals surface area contributed by atoms with Crippen LogP contribution >= 0.6 is 22.9 Å². The minimum Gasteiger partial charge on any atom is -0.365 e. The fraction of sp³-hybridized carbons (Fsp3) is 0.273. The monoisotopic (exact) mass is 253 g/mol. The molecule has 0 saturated heterocycles. The van der Waals surface area contributed by atoms with Crippen molar-refractivity contribution >= 4 is 28.8 Å². The summed E-state index contributed by atoms with van der Waals surface area (Å²) in [5, 5.41) is 5.78. The Morgan fingerprint density at radius 3 is 3.00 bits per heavy atom. The largest absolute Gasteiger partial charge is 0.365 e. The lowest BCUT2D eigenvalue weighted by atomic mass is 10.4. The molecule has 2 rings (SSSR count). The molecule has 2 aromatic rings. The number of aryl methyl sites for hydroxylation is 1. The number of nitrogens with one attached hydrogen (secondary N) is 1. The van der Waals surface area contributed by atoms with E-state index < -0.39 is 0 Å². The number of aromatic nitrogens is 2. The Labute approximate surface area is 104 Å².